The van der Waals surface area contributed by atoms with E-state index in [2.05, 4.69) is 0 Å². The minimum Gasteiger partial charge on any atom is -0.456 e. The molecule has 2 N–H and O–H groups in total. The number of hydrogen-bond donors (Lipinski definition) is 1. The first-order valence-electron chi connectivity index (χ1n) is 4.73. The molecule has 0 unspecified atom stereocenters. The second-order valence-corrected chi connectivity index (χ2v) is 4.24. The van der Waals surface area contributed by atoms with Crippen LogP contribution in [0.3, 0.4) is 0 Å². The van der Waals surface area contributed by atoms with Crippen LogP contribution in [0.15, 0.2) is 36.4 Å². The lowest BCUT2D eigenvalue weighted by Crippen LogP contribution is -1.90. The highest BCUT2D eigenvalue weighted by Crippen LogP contribution is 2.32. The van der Waals surface area contributed by atoms with Crippen LogP contribution in [0, 0.1) is 5.82 Å². The van der Waals surface area contributed by atoms with Crippen molar-refractivity contribution in [3.05, 3.63) is 52.3 Å². The highest BCUT2D eigenvalue weighted by atomic mass is 35.5. The SMILES string of the molecule is Nc1cc(F)cc(Oc2cc(Cl)ccc2Cl)c1. The molecule has 17 heavy (non-hydrogen) atoms. The number of ether oxygens (including phenoxy) is 1. The molecular formula is C12H8Cl2FNO. The van der Waals surface area contributed by atoms with Crippen molar-refractivity contribution < 1.29 is 9.13 Å². The minimum atomic E-state index is -0.474. The third-order valence-electron chi connectivity index (χ3n) is 2.01. The van der Waals surface area contributed by atoms with Crippen LogP contribution in [0.25, 0.3) is 0 Å². The topological polar surface area (TPSA) is 35.2 Å². The Bertz CT molecular complexity index is 540. The van der Waals surface area contributed by atoms with Crippen molar-refractivity contribution in [2.24, 2.45) is 0 Å². The molecule has 5 heteroatoms. The summed E-state index contributed by atoms with van der Waals surface area (Å²) in [5.74, 6) is 0.147. The molecule has 0 aliphatic heterocycles. The van der Waals surface area contributed by atoms with Gasteiger partial charge in [0.1, 0.15) is 17.3 Å². The zero-order chi connectivity index (χ0) is 12.4. The zero-order valence-electron chi connectivity index (χ0n) is 8.58. The fraction of sp³-hybridized carbons (Fsp3) is 0. The molecule has 88 valence electrons. The van der Waals surface area contributed by atoms with Crippen LogP contribution < -0.4 is 10.5 Å². The largest absolute Gasteiger partial charge is 0.456 e. The van der Waals surface area contributed by atoms with Gasteiger partial charge in [-0.05, 0) is 18.2 Å². The fourth-order valence-corrected chi connectivity index (χ4v) is 1.64. The molecule has 0 aromatic heterocycles. The van der Waals surface area contributed by atoms with E-state index >= 15 is 0 Å². The Morgan fingerprint density at radius 1 is 1.06 bits per heavy atom. The molecule has 2 nitrogen and oxygen atoms in total. The summed E-state index contributed by atoms with van der Waals surface area (Å²) in [6, 6.07) is 8.70. The Labute approximate surface area is 108 Å². The van der Waals surface area contributed by atoms with E-state index in [1.54, 1.807) is 18.2 Å². The lowest BCUT2D eigenvalue weighted by atomic mass is 10.3. The number of benzene rings is 2. The monoisotopic (exact) mass is 271 g/mol. The van der Waals surface area contributed by atoms with Gasteiger partial charge in [-0.2, -0.15) is 0 Å². The van der Waals surface area contributed by atoms with Crippen molar-refractivity contribution in [1.82, 2.24) is 0 Å². The predicted octanol–water partition coefficient (Wildman–Crippen LogP) is 4.51. The van der Waals surface area contributed by atoms with Crippen molar-refractivity contribution >= 4 is 28.9 Å². The van der Waals surface area contributed by atoms with E-state index in [9.17, 15) is 4.39 Å². The zero-order valence-corrected chi connectivity index (χ0v) is 10.1. The number of rotatable bonds is 2. The first-order valence-corrected chi connectivity index (χ1v) is 5.49. The molecule has 0 saturated carbocycles. The summed E-state index contributed by atoms with van der Waals surface area (Å²) >= 11 is 11.7. The summed E-state index contributed by atoms with van der Waals surface area (Å²) in [6.07, 6.45) is 0. The van der Waals surface area contributed by atoms with Crippen molar-refractivity contribution in [3.8, 4) is 11.5 Å². The summed E-state index contributed by atoms with van der Waals surface area (Å²) in [6.45, 7) is 0. The molecule has 0 atom stereocenters. The Hall–Kier alpha value is -1.45. The standard InChI is InChI=1S/C12H8Cl2FNO/c13-7-1-2-11(14)12(3-7)17-10-5-8(15)4-9(16)6-10/h1-6H,16H2. The van der Waals surface area contributed by atoms with Gasteiger partial charge in [0.05, 0.1) is 5.02 Å². The number of hydrogen-bond acceptors (Lipinski definition) is 2. The second-order valence-electron chi connectivity index (χ2n) is 3.40. The average molecular weight is 272 g/mol. The third-order valence-corrected chi connectivity index (χ3v) is 2.56. The van der Waals surface area contributed by atoms with Gasteiger partial charge in [-0.3, -0.25) is 0 Å². The van der Waals surface area contributed by atoms with Gasteiger partial charge in [-0.25, -0.2) is 4.39 Å². The van der Waals surface area contributed by atoms with Crippen molar-refractivity contribution in [2.75, 3.05) is 5.73 Å². The Morgan fingerprint density at radius 2 is 1.82 bits per heavy atom. The second kappa shape index (κ2) is 4.82. The van der Waals surface area contributed by atoms with Gasteiger partial charge in [0.15, 0.2) is 0 Å². The first kappa shape index (κ1) is 12.0. The van der Waals surface area contributed by atoms with Crippen LogP contribution in [-0.4, -0.2) is 0 Å². The van der Waals surface area contributed by atoms with E-state index in [0.717, 1.165) is 0 Å². The van der Waals surface area contributed by atoms with Gasteiger partial charge in [-0.1, -0.05) is 23.2 Å². The Morgan fingerprint density at radius 3 is 2.53 bits per heavy atom. The molecular weight excluding hydrogens is 264 g/mol. The highest BCUT2D eigenvalue weighted by Gasteiger charge is 2.06. The number of nitrogens with two attached hydrogens (primary N) is 1. The average Bonchev–Trinajstić information content (AvgIpc) is 2.22. The Balaban J connectivity index is 2.34. The molecule has 2 aromatic rings. The molecule has 0 amide bonds. The lowest BCUT2D eigenvalue weighted by molar-refractivity contribution is 0.477. The van der Waals surface area contributed by atoms with Gasteiger partial charge < -0.3 is 10.5 Å². The molecule has 0 fully saturated rings. The minimum absolute atomic E-state index is 0.270. The summed E-state index contributed by atoms with van der Waals surface area (Å²) in [5, 5.41) is 0.867. The van der Waals surface area contributed by atoms with Crippen LogP contribution >= 0.6 is 23.2 Å². The number of nitrogen functional groups attached to an aromatic ring is 1. The van der Waals surface area contributed by atoms with E-state index < -0.39 is 5.82 Å². The van der Waals surface area contributed by atoms with Crippen molar-refractivity contribution in [2.45, 2.75) is 0 Å². The summed E-state index contributed by atoms with van der Waals surface area (Å²) in [4.78, 5) is 0. The van der Waals surface area contributed by atoms with Crippen LogP contribution in [0.5, 0.6) is 11.5 Å². The third kappa shape index (κ3) is 3.02. The summed E-state index contributed by atoms with van der Waals surface area (Å²) < 4.78 is 18.5. The summed E-state index contributed by atoms with van der Waals surface area (Å²) in [7, 11) is 0. The van der Waals surface area contributed by atoms with Gasteiger partial charge in [0, 0.05) is 28.9 Å². The molecule has 0 radical (unpaired) electrons. The fourth-order valence-electron chi connectivity index (χ4n) is 1.33. The molecule has 2 aromatic carbocycles. The maximum absolute atomic E-state index is 13.1. The van der Waals surface area contributed by atoms with Gasteiger partial charge in [0.2, 0.25) is 0 Å². The van der Waals surface area contributed by atoms with E-state index in [-0.39, 0.29) is 11.4 Å². The van der Waals surface area contributed by atoms with Crippen molar-refractivity contribution in [3.63, 3.8) is 0 Å². The van der Waals surface area contributed by atoms with E-state index in [1.165, 1.54) is 18.2 Å². The quantitative estimate of drug-likeness (QED) is 0.816. The highest BCUT2D eigenvalue weighted by molar-refractivity contribution is 6.34. The van der Waals surface area contributed by atoms with Gasteiger partial charge in [0.25, 0.3) is 0 Å². The maximum atomic E-state index is 13.1. The number of anilines is 1. The molecule has 0 spiro atoms. The van der Waals surface area contributed by atoms with Crippen LogP contribution in [0.4, 0.5) is 10.1 Å². The maximum Gasteiger partial charge on any atom is 0.147 e. The molecule has 0 heterocycles. The molecule has 0 aliphatic carbocycles. The molecule has 0 aliphatic rings. The first-order chi connectivity index (χ1) is 8.04. The molecule has 2 rings (SSSR count). The van der Waals surface area contributed by atoms with Crippen molar-refractivity contribution in [1.29, 1.82) is 0 Å². The summed E-state index contributed by atoms with van der Waals surface area (Å²) in [5.41, 5.74) is 5.78. The van der Waals surface area contributed by atoms with Crippen LogP contribution in [-0.2, 0) is 0 Å². The molecule has 0 bridgehead atoms. The smallest absolute Gasteiger partial charge is 0.147 e. The normalized spacial score (nSPS) is 10.3. The Kier molecular flexibility index (Phi) is 3.41. The molecule has 0 saturated heterocycles. The van der Waals surface area contributed by atoms with Crippen LogP contribution in [0.2, 0.25) is 10.0 Å². The van der Waals surface area contributed by atoms with E-state index in [0.29, 0.717) is 15.8 Å². The van der Waals surface area contributed by atoms with Gasteiger partial charge in [-0.15, -0.1) is 0 Å². The van der Waals surface area contributed by atoms with Gasteiger partial charge >= 0.3 is 0 Å². The predicted molar refractivity (Wildman–Crippen MR) is 67.3 cm³/mol. The van der Waals surface area contributed by atoms with E-state index in [1.807, 2.05) is 0 Å². The lowest BCUT2D eigenvalue weighted by Gasteiger charge is -2.08. The number of halogens is 3. The van der Waals surface area contributed by atoms with Crippen LogP contribution in [0.1, 0.15) is 0 Å². The van der Waals surface area contributed by atoms with E-state index in [4.69, 9.17) is 33.7 Å².